The number of hydrogen-bond acceptors (Lipinski definition) is 3. The largest absolute Gasteiger partial charge is 0.493 e. The Labute approximate surface area is 190 Å². The van der Waals surface area contributed by atoms with Gasteiger partial charge in [-0.2, -0.15) is 0 Å². The molecule has 0 radical (unpaired) electrons. The van der Waals surface area contributed by atoms with Crippen molar-refractivity contribution in [3.63, 3.8) is 0 Å². The highest BCUT2D eigenvalue weighted by Crippen LogP contribution is 2.33. The Morgan fingerprint density at radius 1 is 0.815 bits per heavy atom. The number of benzene rings is 2. The molecule has 5 heteroatoms. The van der Waals surface area contributed by atoms with Gasteiger partial charge in [-0.1, -0.05) is 90.2 Å². The average Bonchev–Trinajstić information content (AvgIpc) is 2.70. The maximum absolute atomic E-state index is 9.61. The van der Waals surface area contributed by atoms with Crippen LogP contribution in [0.5, 0.6) is 11.5 Å². The van der Waals surface area contributed by atoms with Gasteiger partial charge >= 0.3 is 0 Å². The molecule has 0 fully saturated rings. The van der Waals surface area contributed by atoms with Gasteiger partial charge in [0.25, 0.3) is 0 Å². The van der Waals surface area contributed by atoms with Crippen molar-refractivity contribution >= 4 is 45.2 Å². The quantitative estimate of drug-likeness (QED) is 0.286. The lowest BCUT2D eigenvalue weighted by Crippen LogP contribution is -2.20. The summed E-state index contributed by atoms with van der Waals surface area (Å²) >= 11 is 4.54. The van der Waals surface area contributed by atoms with E-state index >= 15 is 0 Å². The second-order valence-electron chi connectivity index (χ2n) is 7.36. The highest BCUT2D eigenvalue weighted by molar-refractivity contribution is 14.1. The van der Waals surface area contributed by atoms with Gasteiger partial charge in [-0.25, -0.2) is 0 Å². The summed E-state index contributed by atoms with van der Waals surface area (Å²) in [4.78, 5) is 0. The standard InChI is InChI=1S/C22H28I2O3/c1-16(12-23)14-26-20-8-4-17(5-9-20)22(2,3)18-6-10-21(11-7-18)27-15-19(25)13-24/h4-11,16,19,25H,12-15H2,1-3H3. The van der Waals surface area contributed by atoms with Crippen LogP contribution in [0, 0.1) is 5.92 Å². The Morgan fingerprint density at radius 3 is 1.67 bits per heavy atom. The molecule has 0 saturated heterocycles. The molecule has 0 bridgehead atoms. The van der Waals surface area contributed by atoms with Crippen molar-refractivity contribution < 1.29 is 14.6 Å². The Kier molecular flexibility index (Phi) is 9.14. The van der Waals surface area contributed by atoms with Gasteiger partial charge in [-0.05, 0) is 41.3 Å². The highest BCUT2D eigenvalue weighted by atomic mass is 127. The van der Waals surface area contributed by atoms with E-state index in [2.05, 4.69) is 102 Å². The Bertz CT molecular complexity index is 624. The van der Waals surface area contributed by atoms with E-state index in [4.69, 9.17) is 9.47 Å². The van der Waals surface area contributed by atoms with Crippen LogP contribution in [0.25, 0.3) is 0 Å². The van der Waals surface area contributed by atoms with Crippen molar-refractivity contribution in [2.45, 2.75) is 32.3 Å². The van der Waals surface area contributed by atoms with Crippen LogP contribution in [0.2, 0.25) is 0 Å². The zero-order valence-electron chi connectivity index (χ0n) is 16.1. The summed E-state index contributed by atoms with van der Waals surface area (Å²) in [7, 11) is 0. The molecule has 0 aliphatic rings. The number of hydrogen-bond donors (Lipinski definition) is 1. The summed E-state index contributed by atoms with van der Waals surface area (Å²) in [5.74, 6) is 2.26. The van der Waals surface area contributed by atoms with Crippen LogP contribution in [0.3, 0.4) is 0 Å². The number of aliphatic hydroxyl groups excluding tert-OH is 1. The molecule has 0 amide bonds. The smallest absolute Gasteiger partial charge is 0.119 e. The van der Waals surface area contributed by atoms with Crippen LogP contribution in [-0.2, 0) is 5.41 Å². The van der Waals surface area contributed by atoms with Crippen LogP contribution in [0.4, 0.5) is 0 Å². The van der Waals surface area contributed by atoms with E-state index in [-0.39, 0.29) is 5.41 Å². The zero-order chi connectivity index (χ0) is 19.9. The number of halogens is 2. The molecule has 3 nitrogen and oxygen atoms in total. The number of rotatable bonds is 10. The third-order valence-corrected chi connectivity index (χ3v) is 7.09. The van der Waals surface area contributed by atoms with Crippen molar-refractivity contribution in [1.82, 2.24) is 0 Å². The lowest BCUT2D eigenvalue weighted by Gasteiger charge is -2.26. The van der Waals surface area contributed by atoms with E-state index in [0.29, 0.717) is 17.0 Å². The van der Waals surface area contributed by atoms with Crippen molar-refractivity contribution in [1.29, 1.82) is 0 Å². The molecular weight excluding hydrogens is 566 g/mol. The second kappa shape index (κ2) is 10.9. The molecule has 148 valence electrons. The van der Waals surface area contributed by atoms with E-state index in [1.807, 2.05) is 12.1 Å². The highest BCUT2D eigenvalue weighted by Gasteiger charge is 2.23. The number of alkyl halides is 2. The Balaban J connectivity index is 2.04. The molecule has 0 aliphatic heterocycles. The topological polar surface area (TPSA) is 38.7 Å². The van der Waals surface area contributed by atoms with Gasteiger partial charge in [0.1, 0.15) is 18.1 Å². The Morgan fingerprint density at radius 2 is 1.26 bits per heavy atom. The average molecular weight is 594 g/mol. The van der Waals surface area contributed by atoms with E-state index in [0.717, 1.165) is 22.5 Å². The third kappa shape index (κ3) is 6.78. The predicted octanol–water partition coefficient (Wildman–Crippen LogP) is 5.64. The van der Waals surface area contributed by atoms with E-state index in [1.54, 1.807) is 0 Å². The van der Waals surface area contributed by atoms with Gasteiger partial charge < -0.3 is 14.6 Å². The van der Waals surface area contributed by atoms with Crippen molar-refractivity contribution in [3.05, 3.63) is 59.7 Å². The molecule has 27 heavy (non-hydrogen) atoms. The first-order chi connectivity index (χ1) is 12.9. The van der Waals surface area contributed by atoms with Crippen molar-refractivity contribution in [3.8, 4) is 11.5 Å². The summed E-state index contributed by atoms with van der Waals surface area (Å²) in [6.45, 7) is 7.70. The molecule has 0 heterocycles. The molecule has 1 N–H and O–H groups in total. The fourth-order valence-electron chi connectivity index (χ4n) is 2.62. The summed E-state index contributed by atoms with van der Waals surface area (Å²) < 4.78 is 13.3. The normalized spacial score (nSPS) is 13.9. The first kappa shape index (κ1) is 22.7. The van der Waals surface area contributed by atoms with Crippen molar-refractivity contribution in [2.75, 3.05) is 22.1 Å². The number of aliphatic hydroxyl groups is 1. The molecule has 2 aromatic rings. The van der Waals surface area contributed by atoms with Crippen LogP contribution in [0.1, 0.15) is 31.9 Å². The maximum Gasteiger partial charge on any atom is 0.119 e. The van der Waals surface area contributed by atoms with Crippen LogP contribution in [-0.4, -0.2) is 33.3 Å². The summed E-state index contributed by atoms with van der Waals surface area (Å²) in [6, 6.07) is 16.5. The second-order valence-corrected chi connectivity index (χ2v) is 9.12. The molecule has 0 aliphatic carbocycles. The van der Waals surface area contributed by atoms with E-state index in [1.165, 1.54) is 11.1 Å². The van der Waals surface area contributed by atoms with Crippen LogP contribution < -0.4 is 9.47 Å². The molecule has 0 aromatic heterocycles. The van der Waals surface area contributed by atoms with Gasteiger partial charge in [0.15, 0.2) is 0 Å². The molecule has 2 atom stereocenters. The summed E-state index contributed by atoms with van der Waals surface area (Å²) in [6.07, 6.45) is -0.428. The first-order valence-electron chi connectivity index (χ1n) is 9.13. The molecule has 2 unspecified atom stereocenters. The molecular formula is C22H28I2O3. The van der Waals surface area contributed by atoms with Gasteiger partial charge in [0, 0.05) is 14.3 Å². The van der Waals surface area contributed by atoms with E-state index in [9.17, 15) is 5.11 Å². The summed E-state index contributed by atoms with van der Waals surface area (Å²) in [5, 5.41) is 9.61. The monoisotopic (exact) mass is 594 g/mol. The lowest BCUT2D eigenvalue weighted by atomic mass is 9.78. The minimum Gasteiger partial charge on any atom is -0.493 e. The van der Waals surface area contributed by atoms with Gasteiger partial charge in [-0.15, -0.1) is 0 Å². The van der Waals surface area contributed by atoms with Crippen LogP contribution >= 0.6 is 45.2 Å². The SMILES string of the molecule is CC(CI)COc1ccc(C(C)(C)c2ccc(OCC(O)CI)cc2)cc1. The fourth-order valence-corrected chi connectivity index (χ4v) is 3.13. The zero-order valence-corrected chi connectivity index (χ0v) is 20.4. The maximum atomic E-state index is 9.61. The molecule has 0 spiro atoms. The summed E-state index contributed by atoms with van der Waals surface area (Å²) in [5.41, 5.74) is 2.34. The molecule has 2 rings (SSSR count). The predicted molar refractivity (Wildman–Crippen MR) is 129 cm³/mol. The first-order valence-corrected chi connectivity index (χ1v) is 12.2. The van der Waals surface area contributed by atoms with Gasteiger partial charge in [-0.3, -0.25) is 0 Å². The van der Waals surface area contributed by atoms with E-state index < -0.39 is 6.10 Å². The Hall–Kier alpha value is -0.540. The van der Waals surface area contributed by atoms with Gasteiger partial charge in [0.05, 0.1) is 12.7 Å². The minimum absolute atomic E-state index is 0.117. The molecule has 2 aromatic carbocycles. The minimum atomic E-state index is -0.428. The van der Waals surface area contributed by atoms with Crippen molar-refractivity contribution in [2.24, 2.45) is 5.92 Å². The lowest BCUT2D eigenvalue weighted by molar-refractivity contribution is 0.128. The van der Waals surface area contributed by atoms with Crippen LogP contribution in [0.15, 0.2) is 48.5 Å². The molecule has 0 saturated carbocycles. The fraction of sp³-hybridized carbons (Fsp3) is 0.455. The van der Waals surface area contributed by atoms with Gasteiger partial charge in [0.2, 0.25) is 0 Å². The number of ether oxygens (including phenoxy) is 2. The third-order valence-electron chi connectivity index (χ3n) is 4.57.